The van der Waals surface area contributed by atoms with Crippen LogP contribution in [0.2, 0.25) is 0 Å². The van der Waals surface area contributed by atoms with Crippen LogP contribution < -0.4 is 20.7 Å². The second kappa shape index (κ2) is 10.6. The fourth-order valence-electron chi connectivity index (χ4n) is 3.74. The summed E-state index contributed by atoms with van der Waals surface area (Å²) in [6.45, 7) is 0. The van der Waals surface area contributed by atoms with Gasteiger partial charge in [0.1, 0.15) is 5.75 Å². The first kappa shape index (κ1) is 25.5. The standard InChI is InChI=1S/C25H23F2N5O5/c1-28-24(34)20-18(11-19(31-32-20)30-23(33)12-6-7-12)29-17-5-3-4-14(21(17)37-2)13-8-9-15(25(35)36)16(10-13)22(26)27/h3-5,8-12,22H,6-7H2,1-2H3,(H,28,34)(H,35,36)(H2,29,30,31,33). The number of aromatic nitrogens is 2. The van der Waals surface area contributed by atoms with E-state index in [2.05, 4.69) is 26.1 Å². The van der Waals surface area contributed by atoms with E-state index in [4.69, 9.17) is 4.74 Å². The molecule has 0 saturated heterocycles. The van der Waals surface area contributed by atoms with E-state index in [-0.39, 0.29) is 34.8 Å². The number of nitrogens with zero attached hydrogens (tertiary/aromatic N) is 2. The summed E-state index contributed by atoms with van der Waals surface area (Å²) >= 11 is 0. The van der Waals surface area contributed by atoms with E-state index in [9.17, 15) is 28.3 Å². The third kappa shape index (κ3) is 5.47. The highest BCUT2D eigenvalue weighted by molar-refractivity contribution is 6.00. The number of anilines is 3. The lowest BCUT2D eigenvalue weighted by atomic mass is 9.98. The number of alkyl halides is 2. The van der Waals surface area contributed by atoms with E-state index in [0.29, 0.717) is 16.8 Å². The highest BCUT2D eigenvalue weighted by Gasteiger charge is 2.30. The molecule has 0 radical (unpaired) electrons. The van der Waals surface area contributed by atoms with Gasteiger partial charge in [-0.25, -0.2) is 13.6 Å². The van der Waals surface area contributed by atoms with Gasteiger partial charge in [-0.2, -0.15) is 0 Å². The third-order valence-electron chi connectivity index (χ3n) is 5.75. The zero-order valence-electron chi connectivity index (χ0n) is 19.8. The normalized spacial score (nSPS) is 12.7. The fourth-order valence-corrected chi connectivity index (χ4v) is 3.74. The lowest BCUT2D eigenvalue weighted by Gasteiger charge is -2.18. The van der Waals surface area contributed by atoms with Crippen molar-refractivity contribution in [1.29, 1.82) is 0 Å². The van der Waals surface area contributed by atoms with Crippen LogP contribution in [0.15, 0.2) is 42.5 Å². The summed E-state index contributed by atoms with van der Waals surface area (Å²) in [6, 6.07) is 9.98. The number of carboxylic acids is 1. The van der Waals surface area contributed by atoms with Gasteiger partial charge in [0.2, 0.25) is 5.91 Å². The van der Waals surface area contributed by atoms with Crippen molar-refractivity contribution < 1.29 is 33.0 Å². The molecule has 1 aromatic heterocycles. The Bertz CT molecular complexity index is 1380. The molecule has 1 heterocycles. The molecule has 4 rings (SSSR count). The highest BCUT2D eigenvalue weighted by atomic mass is 19.3. The first-order chi connectivity index (χ1) is 17.7. The Morgan fingerprint density at radius 2 is 1.84 bits per heavy atom. The van der Waals surface area contributed by atoms with Crippen LogP contribution in [0.3, 0.4) is 0 Å². The van der Waals surface area contributed by atoms with E-state index in [1.54, 1.807) is 18.2 Å². The summed E-state index contributed by atoms with van der Waals surface area (Å²) in [4.78, 5) is 36.0. The third-order valence-corrected chi connectivity index (χ3v) is 5.75. The summed E-state index contributed by atoms with van der Waals surface area (Å²) in [5, 5.41) is 25.3. The summed E-state index contributed by atoms with van der Waals surface area (Å²) in [5.41, 5.74) is 0.108. The van der Waals surface area contributed by atoms with Crippen molar-refractivity contribution in [3.63, 3.8) is 0 Å². The van der Waals surface area contributed by atoms with Crippen LogP contribution in [0.5, 0.6) is 5.75 Å². The number of ether oxygens (including phenoxy) is 1. The fraction of sp³-hybridized carbons (Fsp3) is 0.240. The maximum absolute atomic E-state index is 13.6. The quantitative estimate of drug-likeness (QED) is 0.334. The van der Waals surface area contributed by atoms with E-state index >= 15 is 0 Å². The molecule has 10 nitrogen and oxygen atoms in total. The van der Waals surface area contributed by atoms with Gasteiger partial charge in [-0.3, -0.25) is 9.59 Å². The summed E-state index contributed by atoms with van der Waals surface area (Å²) in [5.74, 6) is -1.86. The Kier molecular flexibility index (Phi) is 7.27. The van der Waals surface area contributed by atoms with Gasteiger partial charge in [0.05, 0.1) is 24.0 Å². The molecule has 1 fully saturated rings. The zero-order valence-corrected chi connectivity index (χ0v) is 19.8. The van der Waals surface area contributed by atoms with Crippen molar-refractivity contribution >= 4 is 35.0 Å². The van der Waals surface area contributed by atoms with E-state index in [1.807, 2.05) is 0 Å². The molecule has 0 spiro atoms. The number of carboxylic acid groups (broad SMARTS) is 1. The molecule has 4 N–H and O–H groups in total. The second-order valence-corrected chi connectivity index (χ2v) is 8.25. The first-order valence-electron chi connectivity index (χ1n) is 11.2. The van der Waals surface area contributed by atoms with E-state index in [1.165, 1.54) is 26.3 Å². The molecule has 0 bridgehead atoms. The zero-order chi connectivity index (χ0) is 26.7. The molecule has 1 saturated carbocycles. The molecule has 3 aromatic rings. The van der Waals surface area contributed by atoms with Gasteiger partial charge in [0, 0.05) is 30.2 Å². The SMILES string of the molecule is CNC(=O)c1nnc(NC(=O)C2CC2)cc1Nc1cccc(-c2ccc(C(=O)O)c(C(F)F)c2)c1OC. The number of hydrogen-bond acceptors (Lipinski definition) is 7. The molecule has 0 aliphatic heterocycles. The lowest BCUT2D eigenvalue weighted by molar-refractivity contribution is -0.117. The molecule has 1 aliphatic carbocycles. The van der Waals surface area contributed by atoms with Gasteiger partial charge < -0.3 is 25.8 Å². The van der Waals surface area contributed by atoms with Gasteiger partial charge >= 0.3 is 5.97 Å². The Balaban J connectivity index is 1.75. The highest BCUT2D eigenvalue weighted by Crippen LogP contribution is 2.40. The molecular formula is C25H23F2N5O5. The molecule has 1 aliphatic rings. The molecule has 2 amide bonds. The largest absolute Gasteiger partial charge is 0.494 e. The Morgan fingerprint density at radius 1 is 1.08 bits per heavy atom. The van der Waals surface area contributed by atoms with Crippen LogP contribution in [0, 0.1) is 5.92 Å². The number of rotatable bonds is 9. The van der Waals surface area contributed by atoms with Crippen molar-refractivity contribution in [3.8, 4) is 16.9 Å². The van der Waals surface area contributed by atoms with Crippen LogP contribution in [-0.4, -0.2) is 47.2 Å². The number of benzene rings is 2. The summed E-state index contributed by atoms with van der Waals surface area (Å²) in [7, 11) is 2.81. The minimum atomic E-state index is -3.00. The molecule has 0 atom stereocenters. The van der Waals surface area contributed by atoms with Gasteiger partial charge in [-0.1, -0.05) is 18.2 Å². The minimum absolute atomic E-state index is 0.0508. The smallest absolute Gasteiger partial charge is 0.336 e. The Hall–Kier alpha value is -4.61. The van der Waals surface area contributed by atoms with Crippen LogP contribution in [0.4, 0.5) is 26.0 Å². The number of carbonyl (C=O) groups is 3. The number of aromatic carboxylic acids is 1. The summed E-state index contributed by atoms with van der Waals surface area (Å²) in [6.07, 6.45) is -1.41. The van der Waals surface area contributed by atoms with Crippen molar-refractivity contribution in [3.05, 3.63) is 59.3 Å². The number of halogens is 2. The maximum atomic E-state index is 13.6. The van der Waals surface area contributed by atoms with Crippen molar-refractivity contribution in [2.75, 3.05) is 24.8 Å². The summed E-state index contributed by atoms with van der Waals surface area (Å²) < 4.78 is 32.7. The minimum Gasteiger partial charge on any atom is -0.494 e. The molecule has 0 unspecified atom stereocenters. The van der Waals surface area contributed by atoms with Crippen LogP contribution >= 0.6 is 0 Å². The number of hydrogen-bond donors (Lipinski definition) is 4. The number of nitrogens with one attached hydrogen (secondary N) is 3. The molecular weight excluding hydrogens is 488 g/mol. The second-order valence-electron chi connectivity index (χ2n) is 8.25. The maximum Gasteiger partial charge on any atom is 0.336 e. The molecule has 192 valence electrons. The molecule has 12 heteroatoms. The predicted octanol–water partition coefficient (Wildman–Crippen LogP) is 4.24. The monoisotopic (exact) mass is 511 g/mol. The lowest BCUT2D eigenvalue weighted by Crippen LogP contribution is -2.22. The number of para-hydroxylation sites is 1. The topological polar surface area (TPSA) is 143 Å². The van der Waals surface area contributed by atoms with Gasteiger partial charge in [-0.15, -0.1) is 10.2 Å². The first-order valence-corrected chi connectivity index (χ1v) is 11.2. The van der Waals surface area contributed by atoms with Crippen molar-refractivity contribution in [1.82, 2.24) is 15.5 Å². The van der Waals surface area contributed by atoms with Crippen molar-refractivity contribution in [2.24, 2.45) is 5.92 Å². The van der Waals surface area contributed by atoms with Gasteiger partial charge in [0.25, 0.3) is 12.3 Å². The number of methoxy groups -OCH3 is 1. The average molecular weight is 511 g/mol. The van der Waals surface area contributed by atoms with Gasteiger partial charge in [-0.05, 0) is 36.6 Å². The van der Waals surface area contributed by atoms with Crippen LogP contribution in [0.25, 0.3) is 11.1 Å². The Morgan fingerprint density at radius 3 is 2.46 bits per heavy atom. The number of amides is 2. The van der Waals surface area contributed by atoms with Crippen molar-refractivity contribution in [2.45, 2.75) is 19.3 Å². The van der Waals surface area contributed by atoms with Crippen LogP contribution in [0.1, 0.15) is 45.7 Å². The average Bonchev–Trinajstić information content (AvgIpc) is 3.73. The Labute approximate surface area is 210 Å². The number of carbonyl (C=O) groups excluding carboxylic acids is 2. The van der Waals surface area contributed by atoms with Gasteiger partial charge in [0.15, 0.2) is 11.5 Å². The van der Waals surface area contributed by atoms with E-state index in [0.717, 1.165) is 25.0 Å². The van der Waals surface area contributed by atoms with E-state index < -0.39 is 29.4 Å². The predicted molar refractivity (Wildman–Crippen MR) is 130 cm³/mol. The van der Waals surface area contributed by atoms with Crippen LogP contribution in [-0.2, 0) is 4.79 Å². The molecule has 37 heavy (non-hydrogen) atoms. The molecule has 2 aromatic carbocycles.